The monoisotopic (exact) mass is 291 g/mol. The zero-order valence-corrected chi connectivity index (χ0v) is 12.5. The van der Waals surface area contributed by atoms with Crippen LogP contribution in [0.3, 0.4) is 0 Å². The molecule has 1 aliphatic heterocycles. The van der Waals surface area contributed by atoms with E-state index in [0.29, 0.717) is 32.5 Å². The lowest BCUT2D eigenvalue weighted by molar-refractivity contribution is -0.162. The van der Waals surface area contributed by atoms with Crippen molar-refractivity contribution in [2.75, 3.05) is 26.7 Å². The second-order valence-corrected chi connectivity index (χ2v) is 5.34. The molecule has 1 aromatic heterocycles. The second-order valence-electron chi connectivity index (χ2n) is 5.34. The Kier molecular flexibility index (Phi) is 4.90. The molecule has 1 N–H and O–H groups in total. The highest BCUT2D eigenvalue weighted by Crippen LogP contribution is 2.19. The van der Waals surface area contributed by atoms with E-state index >= 15 is 0 Å². The molecule has 0 unspecified atom stereocenters. The van der Waals surface area contributed by atoms with Gasteiger partial charge < -0.3 is 15.0 Å². The molecule has 0 aliphatic carbocycles. The predicted octanol–water partition coefficient (Wildman–Crippen LogP) is 0.378. The van der Waals surface area contributed by atoms with Gasteiger partial charge in [0.15, 0.2) is 5.60 Å². The molecule has 2 heterocycles. The number of hydrogen-bond acceptors (Lipinski definition) is 4. The van der Waals surface area contributed by atoms with Gasteiger partial charge in [0.1, 0.15) is 0 Å². The maximum Gasteiger partial charge on any atom is 0.253 e. The summed E-state index contributed by atoms with van der Waals surface area (Å²) in [5, 5.41) is 2.58. The Hall–Kier alpha value is -1.95. The summed E-state index contributed by atoms with van der Waals surface area (Å²) >= 11 is 0. The summed E-state index contributed by atoms with van der Waals surface area (Å²) in [6.07, 6.45) is 4.54. The minimum absolute atomic E-state index is 0.0391. The van der Waals surface area contributed by atoms with Crippen LogP contribution in [0.4, 0.5) is 0 Å². The van der Waals surface area contributed by atoms with Gasteiger partial charge in [-0.2, -0.15) is 0 Å². The Morgan fingerprint density at radius 1 is 1.52 bits per heavy atom. The van der Waals surface area contributed by atoms with Crippen molar-refractivity contribution in [1.82, 2.24) is 15.2 Å². The van der Waals surface area contributed by atoms with Gasteiger partial charge in [-0.3, -0.25) is 14.6 Å². The van der Waals surface area contributed by atoms with Crippen LogP contribution < -0.4 is 5.32 Å². The normalized spacial score (nSPS) is 21.9. The van der Waals surface area contributed by atoms with E-state index < -0.39 is 5.60 Å². The van der Waals surface area contributed by atoms with E-state index in [1.165, 1.54) is 0 Å². The molecule has 114 valence electrons. The lowest BCUT2D eigenvalue weighted by atomic mass is 10.0. The molecule has 0 saturated carbocycles. The number of ether oxygens (including phenoxy) is 1. The van der Waals surface area contributed by atoms with Gasteiger partial charge >= 0.3 is 0 Å². The number of aryl methyl sites for hydroxylation is 1. The molecule has 0 aromatic carbocycles. The van der Waals surface area contributed by atoms with Crippen molar-refractivity contribution in [3.63, 3.8) is 0 Å². The number of carbonyl (C=O) groups is 2. The van der Waals surface area contributed by atoms with Crippen LogP contribution in [0.15, 0.2) is 24.5 Å². The smallest absolute Gasteiger partial charge is 0.253 e. The number of aromatic nitrogens is 1. The molecule has 6 heteroatoms. The first kappa shape index (κ1) is 15.4. The minimum Gasteiger partial charge on any atom is -0.362 e. The van der Waals surface area contributed by atoms with Crippen molar-refractivity contribution in [3.05, 3.63) is 30.1 Å². The number of carbonyl (C=O) groups excluding carboxylic acids is 2. The summed E-state index contributed by atoms with van der Waals surface area (Å²) in [5.74, 6) is -0.162. The van der Waals surface area contributed by atoms with Crippen molar-refractivity contribution in [2.45, 2.75) is 25.4 Å². The Labute approximate surface area is 124 Å². The van der Waals surface area contributed by atoms with Gasteiger partial charge in [-0.05, 0) is 25.0 Å². The molecule has 21 heavy (non-hydrogen) atoms. The van der Waals surface area contributed by atoms with E-state index in [2.05, 4.69) is 10.3 Å². The summed E-state index contributed by atoms with van der Waals surface area (Å²) in [5.41, 5.74) is 0.0740. The summed E-state index contributed by atoms with van der Waals surface area (Å²) in [4.78, 5) is 29.9. The number of pyridine rings is 1. The molecule has 2 amide bonds. The van der Waals surface area contributed by atoms with Crippen molar-refractivity contribution in [1.29, 1.82) is 0 Å². The van der Waals surface area contributed by atoms with Crippen LogP contribution in [0.2, 0.25) is 0 Å². The van der Waals surface area contributed by atoms with Crippen molar-refractivity contribution < 1.29 is 14.3 Å². The minimum atomic E-state index is -0.961. The van der Waals surface area contributed by atoms with E-state index in [0.717, 1.165) is 5.56 Å². The average Bonchev–Trinajstić information content (AvgIpc) is 2.52. The van der Waals surface area contributed by atoms with Crippen LogP contribution in [0.25, 0.3) is 0 Å². The zero-order valence-electron chi connectivity index (χ0n) is 12.5. The molecule has 0 radical (unpaired) electrons. The molecule has 2 rings (SSSR count). The van der Waals surface area contributed by atoms with Gasteiger partial charge in [0.2, 0.25) is 5.91 Å². The lowest BCUT2D eigenvalue weighted by Crippen LogP contribution is -2.58. The molecule has 0 spiro atoms. The average molecular weight is 291 g/mol. The molecule has 6 nitrogen and oxygen atoms in total. The summed E-state index contributed by atoms with van der Waals surface area (Å²) in [6.45, 7) is 2.91. The molecular weight excluding hydrogens is 270 g/mol. The second kappa shape index (κ2) is 6.67. The van der Waals surface area contributed by atoms with Crippen LogP contribution >= 0.6 is 0 Å². The van der Waals surface area contributed by atoms with Crippen molar-refractivity contribution in [2.24, 2.45) is 0 Å². The van der Waals surface area contributed by atoms with Crippen LogP contribution in [0.5, 0.6) is 0 Å². The SMILES string of the molecule is CNC(=O)[C@@]1(C)CN(C(=O)CCc2cccnc2)CCO1. The molecule has 1 atom stereocenters. The van der Waals surface area contributed by atoms with E-state index in [9.17, 15) is 9.59 Å². The van der Waals surface area contributed by atoms with Crippen LogP contribution in [0.1, 0.15) is 18.9 Å². The van der Waals surface area contributed by atoms with Gasteiger partial charge in [-0.1, -0.05) is 6.07 Å². The fraction of sp³-hybridized carbons (Fsp3) is 0.533. The van der Waals surface area contributed by atoms with Crippen LogP contribution in [0, 0.1) is 0 Å². The molecule has 1 aromatic rings. The lowest BCUT2D eigenvalue weighted by Gasteiger charge is -2.39. The van der Waals surface area contributed by atoms with E-state index in [4.69, 9.17) is 4.74 Å². The van der Waals surface area contributed by atoms with Gasteiger partial charge in [-0.15, -0.1) is 0 Å². The summed E-state index contributed by atoms with van der Waals surface area (Å²) in [7, 11) is 1.57. The Bertz CT molecular complexity index is 506. The van der Waals surface area contributed by atoms with Crippen LogP contribution in [-0.2, 0) is 20.7 Å². The standard InChI is InChI=1S/C15H21N3O3/c1-15(14(20)16-2)11-18(8-9-21-15)13(19)6-5-12-4-3-7-17-10-12/h3-4,7,10H,5-6,8-9,11H2,1-2H3,(H,16,20)/t15-/m1/s1. The van der Waals surface area contributed by atoms with Crippen molar-refractivity contribution in [3.8, 4) is 0 Å². The number of likely N-dealkylation sites (N-methyl/N-ethyl adjacent to an activating group) is 1. The molecule has 0 bridgehead atoms. The van der Waals surface area contributed by atoms with Gasteiger partial charge in [0.05, 0.1) is 13.2 Å². The maximum atomic E-state index is 12.3. The first-order chi connectivity index (χ1) is 10.0. The number of rotatable bonds is 4. The highest BCUT2D eigenvalue weighted by atomic mass is 16.5. The highest BCUT2D eigenvalue weighted by molar-refractivity contribution is 5.86. The fourth-order valence-electron chi connectivity index (χ4n) is 2.44. The molecule has 1 aliphatic rings. The number of nitrogens with one attached hydrogen (secondary N) is 1. The van der Waals surface area contributed by atoms with Crippen LogP contribution in [-0.4, -0.2) is 54.0 Å². The molecule has 1 fully saturated rings. The first-order valence-corrected chi connectivity index (χ1v) is 7.08. The van der Waals surface area contributed by atoms with Gasteiger partial charge in [0.25, 0.3) is 5.91 Å². The largest absolute Gasteiger partial charge is 0.362 e. The number of nitrogens with zero attached hydrogens (tertiary/aromatic N) is 2. The topological polar surface area (TPSA) is 71.5 Å². The third-order valence-corrected chi connectivity index (χ3v) is 3.68. The Morgan fingerprint density at radius 3 is 3.00 bits per heavy atom. The Balaban J connectivity index is 1.92. The number of amides is 2. The Morgan fingerprint density at radius 2 is 2.33 bits per heavy atom. The van der Waals surface area contributed by atoms with Gasteiger partial charge in [-0.25, -0.2) is 0 Å². The zero-order chi connectivity index (χ0) is 15.3. The third-order valence-electron chi connectivity index (χ3n) is 3.68. The third kappa shape index (κ3) is 3.78. The predicted molar refractivity (Wildman–Crippen MR) is 77.6 cm³/mol. The summed E-state index contributed by atoms with van der Waals surface area (Å²) < 4.78 is 5.55. The van der Waals surface area contributed by atoms with E-state index in [-0.39, 0.29) is 11.8 Å². The highest BCUT2D eigenvalue weighted by Gasteiger charge is 2.39. The fourth-order valence-corrected chi connectivity index (χ4v) is 2.44. The molecular formula is C15H21N3O3. The number of morpholine rings is 1. The molecule has 1 saturated heterocycles. The summed E-state index contributed by atoms with van der Waals surface area (Å²) in [6, 6.07) is 3.81. The number of hydrogen-bond donors (Lipinski definition) is 1. The van der Waals surface area contributed by atoms with Crippen molar-refractivity contribution >= 4 is 11.8 Å². The quantitative estimate of drug-likeness (QED) is 0.870. The van der Waals surface area contributed by atoms with E-state index in [1.54, 1.807) is 31.3 Å². The van der Waals surface area contributed by atoms with Gasteiger partial charge in [0, 0.05) is 32.4 Å². The van der Waals surface area contributed by atoms with E-state index in [1.807, 2.05) is 12.1 Å². The maximum absolute atomic E-state index is 12.3. The first-order valence-electron chi connectivity index (χ1n) is 7.08.